The molecular formula is C16H20N2O4S. The summed E-state index contributed by atoms with van der Waals surface area (Å²) in [6.45, 7) is 4.44. The van der Waals surface area contributed by atoms with Gasteiger partial charge in [0.15, 0.2) is 0 Å². The summed E-state index contributed by atoms with van der Waals surface area (Å²) in [4.78, 5) is 4.47. The van der Waals surface area contributed by atoms with Crippen molar-refractivity contribution in [2.24, 2.45) is 4.99 Å². The lowest BCUT2D eigenvalue weighted by Gasteiger charge is -2.19. The van der Waals surface area contributed by atoms with Crippen molar-refractivity contribution >= 4 is 21.9 Å². The second kappa shape index (κ2) is 7.43. The van der Waals surface area contributed by atoms with E-state index in [2.05, 4.69) is 4.99 Å². The minimum Gasteiger partial charge on any atom is -0.494 e. The maximum Gasteiger partial charge on any atom is 0.243 e. The highest BCUT2D eigenvalue weighted by molar-refractivity contribution is 7.89. The van der Waals surface area contributed by atoms with Gasteiger partial charge in [-0.15, -0.1) is 0 Å². The van der Waals surface area contributed by atoms with E-state index in [9.17, 15) is 8.42 Å². The SMILES string of the molecule is CCN(CC)S(=O)(=O)c1ccc(OC)c(N=Cc2ccco2)c1. The van der Waals surface area contributed by atoms with Gasteiger partial charge in [-0.05, 0) is 30.3 Å². The molecule has 6 nitrogen and oxygen atoms in total. The molecule has 0 N–H and O–H groups in total. The number of methoxy groups -OCH3 is 1. The maximum atomic E-state index is 12.6. The van der Waals surface area contributed by atoms with E-state index in [4.69, 9.17) is 9.15 Å². The monoisotopic (exact) mass is 336 g/mol. The average molecular weight is 336 g/mol. The summed E-state index contributed by atoms with van der Waals surface area (Å²) in [5.74, 6) is 1.07. The Morgan fingerprint density at radius 1 is 1.26 bits per heavy atom. The normalized spacial score (nSPS) is 12.2. The van der Waals surface area contributed by atoms with E-state index in [0.29, 0.717) is 30.3 Å². The zero-order valence-corrected chi connectivity index (χ0v) is 14.2. The molecule has 0 aliphatic heterocycles. The molecule has 124 valence electrons. The number of benzene rings is 1. The van der Waals surface area contributed by atoms with Crippen molar-refractivity contribution in [3.8, 4) is 5.75 Å². The first-order valence-corrected chi connectivity index (χ1v) is 8.72. The van der Waals surface area contributed by atoms with Crippen molar-refractivity contribution in [3.63, 3.8) is 0 Å². The van der Waals surface area contributed by atoms with Crippen LogP contribution >= 0.6 is 0 Å². The summed E-state index contributed by atoms with van der Waals surface area (Å²) in [5, 5.41) is 0. The van der Waals surface area contributed by atoms with Crippen LogP contribution in [0.2, 0.25) is 0 Å². The molecule has 2 rings (SSSR count). The second-order valence-corrected chi connectivity index (χ2v) is 6.63. The molecule has 0 amide bonds. The van der Waals surface area contributed by atoms with E-state index < -0.39 is 10.0 Å². The molecule has 0 bridgehead atoms. The molecule has 0 aliphatic carbocycles. The topological polar surface area (TPSA) is 72.1 Å². The number of sulfonamides is 1. The Kier molecular flexibility index (Phi) is 5.57. The first-order chi connectivity index (χ1) is 11.0. The molecule has 0 atom stereocenters. The molecule has 0 aliphatic rings. The summed E-state index contributed by atoms with van der Waals surface area (Å²) in [6.07, 6.45) is 3.06. The Bertz CT molecular complexity index is 763. The predicted molar refractivity (Wildman–Crippen MR) is 89.1 cm³/mol. The molecule has 0 saturated carbocycles. The minimum absolute atomic E-state index is 0.189. The number of rotatable bonds is 7. The van der Waals surface area contributed by atoms with Crippen LogP contribution in [-0.2, 0) is 10.0 Å². The third-order valence-electron chi connectivity index (χ3n) is 3.37. The fourth-order valence-corrected chi connectivity index (χ4v) is 3.62. The van der Waals surface area contributed by atoms with Crippen molar-refractivity contribution < 1.29 is 17.6 Å². The van der Waals surface area contributed by atoms with Gasteiger partial charge in [0.05, 0.1) is 24.5 Å². The van der Waals surface area contributed by atoms with E-state index >= 15 is 0 Å². The lowest BCUT2D eigenvalue weighted by molar-refractivity contribution is 0.415. The van der Waals surface area contributed by atoms with Gasteiger partial charge in [0.1, 0.15) is 17.2 Å². The fourth-order valence-electron chi connectivity index (χ4n) is 2.14. The van der Waals surface area contributed by atoms with E-state index in [-0.39, 0.29) is 4.90 Å². The molecule has 0 saturated heterocycles. The van der Waals surface area contributed by atoms with Gasteiger partial charge in [-0.1, -0.05) is 13.8 Å². The Morgan fingerprint density at radius 3 is 2.57 bits per heavy atom. The average Bonchev–Trinajstić information content (AvgIpc) is 3.07. The predicted octanol–water partition coefficient (Wildman–Crippen LogP) is 3.07. The van der Waals surface area contributed by atoms with Crippen molar-refractivity contribution in [1.29, 1.82) is 0 Å². The van der Waals surface area contributed by atoms with Crippen molar-refractivity contribution in [2.75, 3.05) is 20.2 Å². The summed E-state index contributed by atoms with van der Waals surface area (Å²) >= 11 is 0. The Morgan fingerprint density at radius 2 is 2.00 bits per heavy atom. The third kappa shape index (κ3) is 3.80. The van der Waals surface area contributed by atoms with Gasteiger partial charge in [-0.3, -0.25) is 0 Å². The van der Waals surface area contributed by atoms with E-state index in [0.717, 1.165) is 0 Å². The summed E-state index contributed by atoms with van der Waals surface area (Å²) in [5.41, 5.74) is 0.428. The number of hydrogen-bond acceptors (Lipinski definition) is 5. The molecule has 23 heavy (non-hydrogen) atoms. The van der Waals surface area contributed by atoms with Gasteiger partial charge in [-0.2, -0.15) is 4.31 Å². The molecule has 0 spiro atoms. The van der Waals surface area contributed by atoms with Crippen LogP contribution in [0.25, 0.3) is 0 Å². The molecule has 7 heteroatoms. The van der Waals surface area contributed by atoms with Crippen LogP contribution < -0.4 is 4.74 Å². The van der Waals surface area contributed by atoms with Crippen LogP contribution in [0, 0.1) is 0 Å². The quantitative estimate of drug-likeness (QED) is 0.729. The molecule has 2 aromatic rings. The van der Waals surface area contributed by atoms with Crippen LogP contribution in [0.5, 0.6) is 5.75 Å². The summed E-state index contributed by atoms with van der Waals surface area (Å²) in [6, 6.07) is 8.14. The number of hydrogen-bond donors (Lipinski definition) is 0. The Hall–Kier alpha value is -2.12. The van der Waals surface area contributed by atoms with Crippen molar-refractivity contribution in [3.05, 3.63) is 42.4 Å². The number of furan rings is 1. The van der Waals surface area contributed by atoms with Crippen molar-refractivity contribution in [1.82, 2.24) is 4.31 Å². The molecule has 1 aromatic carbocycles. The lowest BCUT2D eigenvalue weighted by atomic mass is 10.3. The highest BCUT2D eigenvalue weighted by atomic mass is 32.2. The van der Waals surface area contributed by atoms with Gasteiger partial charge >= 0.3 is 0 Å². The van der Waals surface area contributed by atoms with Gasteiger partial charge in [0, 0.05) is 13.1 Å². The highest BCUT2D eigenvalue weighted by Gasteiger charge is 2.22. The van der Waals surface area contributed by atoms with Crippen LogP contribution in [-0.4, -0.2) is 39.1 Å². The maximum absolute atomic E-state index is 12.6. The van der Waals surface area contributed by atoms with E-state index in [1.807, 2.05) is 0 Å². The third-order valence-corrected chi connectivity index (χ3v) is 5.41. The summed E-state index contributed by atoms with van der Waals surface area (Å²) < 4.78 is 37.0. The van der Waals surface area contributed by atoms with E-state index in [1.165, 1.54) is 29.8 Å². The standard InChI is InChI=1S/C16H20N2O4S/c1-4-18(5-2)23(19,20)14-8-9-16(21-3)15(11-14)17-12-13-7-6-10-22-13/h6-12H,4-5H2,1-3H3. The van der Waals surface area contributed by atoms with Gasteiger partial charge in [-0.25, -0.2) is 13.4 Å². The molecule has 1 aromatic heterocycles. The van der Waals surface area contributed by atoms with Gasteiger partial charge < -0.3 is 9.15 Å². The lowest BCUT2D eigenvalue weighted by Crippen LogP contribution is -2.30. The Balaban J connectivity index is 2.43. The molecular weight excluding hydrogens is 316 g/mol. The Labute approximate surface area is 136 Å². The highest BCUT2D eigenvalue weighted by Crippen LogP contribution is 2.31. The number of nitrogens with zero attached hydrogens (tertiary/aromatic N) is 2. The van der Waals surface area contributed by atoms with Gasteiger partial charge in [0.25, 0.3) is 0 Å². The van der Waals surface area contributed by atoms with Crippen LogP contribution in [0.4, 0.5) is 5.69 Å². The summed E-state index contributed by atoms with van der Waals surface area (Å²) in [7, 11) is -2.03. The van der Waals surface area contributed by atoms with E-state index in [1.54, 1.807) is 38.3 Å². The molecule has 0 fully saturated rings. The molecule has 0 unspecified atom stereocenters. The fraction of sp³-hybridized carbons (Fsp3) is 0.312. The van der Waals surface area contributed by atoms with Crippen LogP contribution in [0.1, 0.15) is 19.6 Å². The number of aliphatic imine (C=N–C) groups is 1. The zero-order chi connectivity index (χ0) is 16.9. The van der Waals surface area contributed by atoms with Crippen LogP contribution in [0.3, 0.4) is 0 Å². The molecule has 0 radical (unpaired) electrons. The smallest absolute Gasteiger partial charge is 0.243 e. The first-order valence-electron chi connectivity index (χ1n) is 7.28. The van der Waals surface area contributed by atoms with Gasteiger partial charge in [0.2, 0.25) is 10.0 Å². The largest absolute Gasteiger partial charge is 0.494 e. The first kappa shape index (κ1) is 17.2. The van der Waals surface area contributed by atoms with Crippen molar-refractivity contribution in [2.45, 2.75) is 18.7 Å². The van der Waals surface area contributed by atoms with Crippen LogP contribution in [0.15, 0.2) is 50.9 Å². The zero-order valence-electron chi connectivity index (χ0n) is 13.4. The minimum atomic E-state index is -3.54. The molecule has 1 heterocycles. The number of ether oxygens (including phenoxy) is 1. The second-order valence-electron chi connectivity index (χ2n) is 4.70.